The highest BCUT2D eigenvalue weighted by Gasteiger charge is 2.29. The van der Waals surface area contributed by atoms with Crippen molar-refractivity contribution >= 4 is 15.7 Å². The number of pyridine rings is 1. The number of amides is 1. The van der Waals surface area contributed by atoms with Crippen LogP contribution in [0.25, 0.3) is 0 Å². The van der Waals surface area contributed by atoms with Gasteiger partial charge >= 0.3 is 0 Å². The fraction of sp³-hybridized carbons (Fsp3) is 0.333. The summed E-state index contributed by atoms with van der Waals surface area (Å²) in [4.78, 5) is 16.0. The second-order valence-electron chi connectivity index (χ2n) is 5.55. The van der Waals surface area contributed by atoms with Crippen molar-refractivity contribution in [2.45, 2.75) is 29.9 Å². The second-order valence-corrected chi connectivity index (χ2v) is 7.68. The van der Waals surface area contributed by atoms with E-state index in [2.05, 4.69) is 10.3 Å². The highest BCUT2D eigenvalue weighted by Crippen LogP contribution is 2.29. The van der Waals surface area contributed by atoms with Crippen molar-refractivity contribution in [2.75, 3.05) is 13.7 Å². The molecule has 1 aromatic carbocycles. The molecular weight excluding hydrogens is 340 g/mol. The third-order valence-corrected chi connectivity index (χ3v) is 5.90. The topological polar surface area (TPSA) is 85.4 Å². The number of nitrogens with zero attached hydrogens (tertiary/aromatic N) is 1. The van der Waals surface area contributed by atoms with Crippen molar-refractivity contribution in [1.29, 1.82) is 0 Å². The van der Waals surface area contributed by atoms with Gasteiger partial charge in [0.25, 0.3) is 0 Å². The molecule has 0 aliphatic heterocycles. The molecule has 1 unspecified atom stereocenters. The normalized spacial score (nSPS) is 12.4. The maximum atomic E-state index is 13.1. The van der Waals surface area contributed by atoms with Crippen LogP contribution in [0, 0.1) is 0 Å². The van der Waals surface area contributed by atoms with E-state index in [1.54, 1.807) is 30.5 Å². The molecule has 134 valence electrons. The molecule has 7 heteroatoms. The Balaban J connectivity index is 2.33. The zero-order chi connectivity index (χ0) is 18.3. The summed E-state index contributed by atoms with van der Waals surface area (Å²) in [6.45, 7) is 1.89. The van der Waals surface area contributed by atoms with E-state index in [0.29, 0.717) is 24.2 Å². The molecule has 2 aromatic rings. The Labute approximate surface area is 148 Å². The molecular formula is C18H22N2O4S. The molecule has 0 aliphatic carbocycles. The van der Waals surface area contributed by atoms with Gasteiger partial charge in [0, 0.05) is 25.4 Å². The lowest BCUT2D eigenvalue weighted by molar-refractivity contribution is -0.121. The van der Waals surface area contributed by atoms with Gasteiger partial charge in [-0.1, -0.05) is 13.0 Å². The number of carbonyl (C=O) groups is 1. The van der Waals surface area contributed by atoms with Crippen LogP contribution in [0.15, 0.2) is 53.7 Å². The van der Waals surface area contributed by atoms with Crippen LogP contribution in [-0.2, 0) is 14.6 Å². The smallest absolute Gasteiger partial charge is 0.220 e. The first-order chi connectivity index (χ1) is 12.0. The van der Waals surface area contributed by atoms with Crippen molar-refractivity contribution in [3.8, 4) is 5.75 Å². The van der Waals surface area contributed by atoms with Gasteiger partial charge in [0.2, 0.25) is 5.91 Å². The lowest BCUT2D eigenvalue weighted by Gasteiger charge is -2.19. The van der Waals surface area contributed by atoms with Crippen molar-refractivity contribution < 1.29 is 17.9 Å². The van der Waals surface area contributed by atoms with E-state index in [-0.39, 0.29) is 17.3 Å². The maximum absolute atomic E-state index is 13.1. The van der Waals surface area contributed by atoms with E-state index in [9.17, 15) is 13.2 Å². The van der Waals surface area contributed by atoms with Crippen LogP contribution in [0.4, 0.5) is 0 Å². The predicted octanol–water partition coefficient (Wildman–Crippen LogP) is 2.52. The third kappa shape index (κ3) is 4.79. The Morgan fingerprint density at radius 1 is 1.24 bits per heavy atom. The summed E-state index contributed by atoms with van der Waals surface area (Å²) < 4.78 is 31.2. The molecule has 2 rings (SSSR count). The number of nitrogens with one attached hydrogen (secondary N) is 1. The molecule has 0 aliphatic rings. The molecule has 1 amide bonds. The van der Waals surface area contributed by atoms with Crippen molar-refractivity contribution in [2.24, 2.45) is 0 Å². The third-order valence-electron chi connectivity index (χ3n) is 3.78. The molecule has 1 N–H and O–H groups in total. The first-order valence-corrected chi connectivity index (χ1v) is 9.58. The van der Waals surface area contributed by atoms with Gasteiger partial charge in [0.15, 0.2) is 9.84 Å². The summed E-state index contributed by atoms with van der Waals surface area (Å²) >= 11 is 0. The van der Waals surface area contributed by atoms with Crippen molar-refractivity contribution in [3.05, 3.63) is 54.4 Å². The number of carbonyl (C=O) groups excluding carboxylic acids is 1. The van der Waals surface area contributed by atoms with Gasteiger partial charge in [-0.3, -0.25) is 9.78 Å². The van der Waals surface area contributed by atoms with E-state index in [1.165, 1.54) is 25.4 Å². The van der Waals surface area contributed by atoms with Gasteiger partial charge in [-0.05, 0) is 42.3 Å². The van der Waals surface area contributed by atoms with Crippen LogP contribution in [0.5, 0.6) is 5.75 Å². The van der Waals surface area contributed by atoms with E-state index in [0.717, 1.165) is 0 Å². The van der Waals surface area contributed by atoms with Gasteiger partial charge < -0.3 is 10.1 Å². The predicted molar refractivity (Wildman–Crippen MR) is 95.1 cm³/mol. The zero-order valence-corrected chi connectivity index (χ0v) is 15.1. The number of methoxy groups -OCH3 is 1. The molecule has 1 heterocycles. The number of hydrogen-bond donors (Lipinski definition) is 1. The number of benzene rings is 1. The van der Waals surface area contributed by atoms with Crippen molar-refractivity contribution in [3.63, 3.8) is 0 Å². The first kappa shape index (κ1) is 18.9. The van der Waals surface area contributed by atoms with Gasteiger partial charge in [-0.15, -0.1) is 0 Å². The van der Waals surface area contributed by atoms with Crippen LogP contribution in [0.3, 0.4) is 0 Å². The molecule has 0 saturated carbocycles. The van der Waals surface area contributed by atoms with E-state index in [4.69, 9.17) is 4.74 Å². The summed E-state index contributed by atoms with van der Waals surface area (Å²) in [5.74, 6) is 0.412. The zero-order valence-electron chi connectivity index (χ0n) is 14.3. The minimum absolute atomic E-state index is 0.00110. The van der Waals surface area contributed by atoms with Crippen LogP contribution in [-0.4, -0.2) is 33.0 Å². The number of hydrogen-bond acceptors (Lipinski definition) is 5. The Bertz CT molecular complexity index is 790. The number of aromatic nitrogens is 1. The summed E-state index contributed by atoms with van der Waals surface area (Å²) in [5, 5.41) is 1.80. The Morgan fingerprint density at radius 3 is 2.52 bits per heavy atom. The standard InChI is InChI=1S/C18H22N2O4S/c1-3-5-18(21)20-13-17(14-6-4-11-19-12-14)25(22,23)16-9-7-15(24-2)8-10-16/h4,6-12,17H,3,5,13H2,1-2H3,(H,20,21). The number of rotatable bonds is 8. The fourth-order valence-corrected chi connectivity index (χ4v) is 4.07. The van der Waals surface area contributed by atoms with E-state index < -0.39 is 15.1 Å². The molecule has 0 saturated heterocycles. The van der Waals surface area contributed by atoms with Crippen molar-refractivity contribution in [1.82, 2.24) is 10.3 Å². The second kappa shape index (κ2) is 8.62. The SMILES string of the molecule is CCCC(=O)NCC(c1cccnc1)S(=O)(=O)c1ccc(OC)cc1. The lowest BCUT2D eigenvalue weighted by Crippen LogP contribution is -2.31. The van der Waals surface area contributed by atoms with Gasteiger partial charge in [0.05, 0.1) is 12.0 Å². The molecule has 1 aromatic heterocycles. The van der Waals surface area contributed by atoms with E-state index >= 15 is 0 Å². The Morgan fingerprint density at radius 2 is 1.96 bits per heavy atom. The maximum Gasteiger partial charge on any atom is 0.220 e. The summed E-state index contributed by atoms with van der Waals surface area (Å²) in [5.41, 5.74) is 0.537. The quantitative estimate of drug-likeness (QED) is 0.780. The Kier molecular flexibility index (Phi) is 6.52. The van der Waals surface area contributed by atoms with Gasteiger partial charge in [-0.25, -0.2) is 8.42 Å². The molecule has 6 nitrogen and oxygen atoms in total. The highest BCUT2D eigenvalue weighted by atomic mass is 32.2. The monoisotopic (exact) mass is 362 g/mol. The largest absolute Gasteiger partial charge is 0.497 e. The van der Waals surface area contributed by atoms with Gasteiger partial charge in [-0.2, -0.15) is 0 Å². The number of sulfone groups is 1. The fourth-order valence-electron chi connectivity index (χ4n) is 2.42. The minimum Gasteiger partial charge on any atom is -0.497 e. The van der Waals surface area contributed by atoms with Crippen LogP contribution >= 0.6 is 0 Å². The summed E-state index contributed by atoms with van der Waals surface area (Å²) in [6, 6.07) is 9.59. The molecule has 25 heavy (non-hydrogen) atoms. The number of ether oxygens (including phenoxy) is 1. The molecule has 0 spiro atoms. The van der Waals surface area contributed by atoms with Crippen LogP contribution in [0.1, 0.15) is 30.6 Å². The minimum atomic E-state index is -3.70. The molecule has 1 atom stereocenters. The van der Waals surface area contributed by atoms with Gasteiger partial charge in [0.1, 0.15) is 11.0 Å². The lowest BCUT2D eigenvalue weighted by atomic mass is 10.2. The van der Waals surface area contributed by atoms with Crippen LogP contribution in [0.2, 0.25) is 0 Å². The first-order valence-electron chi connectivity index (χ1n) is 8.03. The highest BCUT2D eigenvalue weighted by molar-refractivity contribution is 7.91. The summed E-state index contributed by atoms with van der Waals surface area (Å²) in [6.07, 6.45) is 4.16. The van der Waals surface area contributed by atoms with E-state index in [1.807, 2.05) is 6.92 Å². The molecule has 0 radical (unpaired) electrons. The molecule has 0 fully saturated rings. The average Bonchev–Trinajstić information content (AvgIpc) is 2.63. The summed E-state index contributed by atoms with van der Waals surface area (Å²) in [7, 11) is -2.18. The average molecular weight is 362 g/mol. The molecule has 0 bridgehead atoms. The Hall–Kier alpha value is -2.41. The van der Waals surface area contributed by atoms with Crippen LogP contribution < -0.4 is 10.1 Å².